The van der Waals surface area contributed by atoms with E-state index in [4.69, 9.17) is 9.47 Å². The highest BCUT2D eigenvalue weighted by Gasteiger charge is 2.09. The summed E-state index contributed by atoms with van der Waals surface area (Å²) in [5, 5.41) is 17.0. The normalized spacial score (nSPS) is 12.1. The lowest BCUT2D eigenvalue weighted by molar-refractivity contribution is 0.185. The fourth-order valence-electron chi connectivity index (χ4n) is 2.81. The number of nitrogens with one attached hydrogen (secondary N) is 2. The number of benzene rings is 2. The highest BCUT2D eigenvalue weighted by molar-refractivity contribution is 14.0. The third-order valence-corrected chi connectivity index (χ3v) is 4.25. The van der Waals surface area contributed by atoms with Crippen LogP contribution in [0.2, 0.25) is 0 Å². The number of aliphatic imine (C=N–C) groups is 1. The molecule has 30 heavy (non-hydrogen) atoms. The molecular weight excluding hydrogens is 493 g/mol. The number of nitrogens with zero attached hydrogens (tertiary/aromatic N) is 1. The molecule has 0 bridgehead atoms. The minimum absolute atomic E-state index is 0. The lowest BCUT2D eigenvalue weighted by atomic mass is 10.1. The molecule has 0 heterocycles. The van der Waals surface area contributed by atoms with E-state index in [0.717, 1.165) is 36.6 Å². The van der Waals surface area contributed by atoms with Gasteiger partial charge >= 0.3 is 0 Å². The van der Waals surface area contributed by atoms with Crippen molar-refractivity contribution in [2.75, 3.05) is 26.7 Å². The van der Waals surface area contributed by atoms with Crippen LogP contribution in [0.1, 0.15) is 38.0 Å². The quantitative estimate of drug-likeness (QED) is 0.248. The average Bonchev–Trinajstić information content (AvgIpc) is 2.72. The van der Waals surface area contributed by atoms with E-state index < -0.39 is 6.10 Å². The van der Waals surface area contributed by atoms with Crippen molar-refractivity contribution in [3.05, 3.63) is 59.7 Å². The molecule has 0 aromatic heterocycles. The summed E-state index contributed by atoms with van der Waals surface area (Å²) in [4.78, 5) is 4.52. The molecule has 0 aliphatic rings. The molecule has 0 radical (unpaired) electrons. The van der Waals surface area contributed by atoms with E-state index in [9.17, 15) is 5.11 Å². The maximum absolute atomic E-state index is 10.5. The summed E-state index contributed by atoms with van der Waals surface area (Å²) in [5.74, 6) is 2.30. The van der Waals surface area contributed by atoms with E-state index in [1.54, 1.807) is 7.11 Å². The molecule has 2 aromatic carbocycles. The number of hydrogen-bond donors (Lipinski definition) is 3. The van der Waals surface area contributed by atoms with Crippen LogP contribution in [-0.4, -0.2) is 43.9 Å². The van der Waals surface area contributed by atoms with Crippen LogP contribution in [0, 0.1) is 0 Å². The van der Waals surface area contributed by atoms with Crippen molar-refractivity contribution in [3.63, 3.8) is 0 Å². The van der Waals surface area contributed by atoms with Gasteiger partial charge < -0.3 is 25.2 Å². The molecule has 166 valence electrons. The number of hydrogen-bond acceptors (Lipinski definition) is 4. The van der Waals surface area contributed by atoms with Crippen molar-refractivity contribution in [2.24, 2.45) is 4.99 Å². The molecule has 6 nitrogen and oxygen atoms in total. The van der Waals surface area contributed by atoms with Crippen molar-refractivity contribution >= 4 is 29.9 Å². The zero-order valence-electron chi connectivity index (χ0n) is 18.2. The summed E-state index contributed by atoms with van der Waals surface area (Å²) in [6.45, 7) is 7.74. The van der Waals surface area contributed by atoms with Gasteiger partial charge in [-0.3, -0.25) is 4.99 Å². The number of guanidine groups is 1. The first-order valence-electron chi connectivity index (χ1n) is 10.1. The van der Waals surface area contributed by atoms with Gasteiger partial charge in [-0.05, 0) is 62.6 Å². The third-order valence-electron chi connectivity index (χ3n) is 4.25. The van der Waals surface area contributed by atoms with Crippen LogP contribution in [0.15, 0.2) is 53.5 Å². The van der Waals surface area contributed by atoms with Crippen molar-refractivity contribution in [1.29, 1.82) is 0 Å². The fourth-order valence-corrected chi connectivity index (χ4v) is 2.81. The highest BCUT2D eigenvalue weighted by Crippen LogP contribution is 2.20. The van der Waals surface area contributed by atoms with E-state index in [2.05, 4.69) is 27.8 Å². The van der Waals surface area contributed by atoms with E-state index in [1.807, 2.05) is 57.2 Å². The zero-order chi connectivity index (χ0) is 21.1. The van der Waals surface area contributed by atoms with Gasteiger partial charge in [-0.15, -0.1) is 24.0 Å². The Bertz CT molecular complexity index is 767. The number of aliphatic hydroxyl groups excluding tert-OH is 1. The van der Waals surface area contributed by atoms with Gasteiger partial charge in [-0.1, -0.05) is 24.3 Å². The Balaban J connectivity index is 0.00000450. The molecule has 2 aromatic rings. The van der Waals surface area contributed by atoms with Gasteiger partial charge in [0.05, 0.1) is 25.9 Å². The molecule has 0 fully saturated rings. The first-order valence-corrected chi connectivity index (χ1v) is 10.1. The summed E-state index contributed by atoms with van der Waals surface area (Å²) in [7, 11) is 1.66. The Kier molecular flexibility index (Phi) is 12.2. The second-order valence-electron chi connectivity index (χ2n) is 7.00. The monoisotopic (exact) mass is 527 g/mol. The van der Waals surface area contributed by atoms with Crippen molar-refractivity contribution < 1.29 is 14.6 Å². The predicted molar refractivity (Wildman–Crippen MR) is 133 cm³/mol. The number of aliphatic hydroxyl groups is 1. The van der Waals surface area contributed by atoms with Gasteiger partial charge in [0, 0.05) is 13.1 Å². The van der Waals surface area contributed by atoms with Crippen LogP contribution in [0.3, 0.4) is 0 Å². The fraction of sp³-hybridized carbons (Fsp3) is 0.435. The molecule has 0 aliphatic heterocycles. The first-order chi connectivity index (χ1) is 14.0. The van der Waals surface area contributed by atoms with Crippen molar-refractivity contribution in [1.82, 2.24) is 10.6 Å². The van der Waals surface area contributed by atoms with Crippen LogP contribution < -0.4 is 20.1 Å². The van der Waals surface area contributed by atoms with Gasteiger partial charge in [0.2, 0.25) is 0 Å². The summed E-state index contributed by atoms with van der Waals surface area (Å²) >= 11 is 0. The Morgan fingerprint density at radius 3 is 2.43 bits per heavy atom. The Labute approximate surface area is 197 Å². The van der Waals surface area contributed by atoms with Gasteiger partial charge in [0.1, 0.15) is 11.5 Å². The molecular formula is C23H34IN3O3. The Hall–Kier alpha value is -2.00. The van der Waals surface area contributed by atoms with Crippen molar-refractivity contribution in [3.8, 4) is 11.5 Å². The molecule has 0 spiro atoms. The maximum atomic E-state index is 10.5. The lowest BCUT2D eigenvalue weighted by Gasteiger charge is -2.15. The highest BCUT2D eigenvalue weighted by atomic mass is 127. The SMILES string of the molecule is CCNC(=NCC(O)c1cccc(OC(C)C)c1)NCCc1ccc(OC)cc1.I. The summed E-state index contributed by atoms with van der Waals surface area (Å²) in [6, 6.07) is 15.6. The van der Waals surface area contributed by atoms with Crippen LogP contribution in [0.5, 0.6) is 11.5 Å². The smallest absolute Gasteiger partial charge is 0.191 e. The standard InChI is InChI=1S/C23H33N3O3.HI/c1-5-24-23(25-14-13-18-9-11-20(28-4)12-10-18)26-16-22(27)19-7-6-8-21(15-19)29-17(2)3;/h6-12,15,17,22,27H,5,13-14,16H2,1-4H3,(H2,24,25,26);1H. The van der Waals surface area contributed by atoms with Crippen LogP contribution in [0.4, 0.5) is 0 Å². The minimum atomic E-state index is -0.692. The summed E-state index contributed by atoms with van der Waals surface area (Å²) < 4.78 is 10.9. The first kappa shape index (κ1) is 26.0. The second kappa shape index (κ2) is 14.1. The molecule has 2 rings (SSSR count). The number of rotatable bonds is 10. The third kappa shape index (κ3) is 9.21. The largest absolute Gasteiger partial charge is 0.497 e. The van der Waals surface area contributed by atoms with E-state index in [1.165, 1.54) is 5.56 Å². The van der Waals surface area contributed by atoms with E-state index >= 15 is 0 Å². The molecule has 0 aliphatic carbocycles. The molecule has 1 atom stereocenters. The topological polar surface area (TPSA) is 75.1 Å². The minimum Gasteiger partial charge on any atom is -0.497 e. The average molecular weight is 527 g/mol. The Morgan fingerprint density at radius 1 is 1.07 bits per heavy atom. The maximum Gasteiger partial charge on any atom is 0.191 e. The van der Waals surface area contributed by atoms with Crippen molar-refractivity contribution in [2.45, 2.75) is 39.4 Å². The van der Waals surface area contributed by atoms with Gasteiger partial charge in [-0.25, -0.2) is 0 Å². The van der Waals surface area contributed by atoms with Crippen LogP contribution in [0.25, 0.3) is 0 Å². The molecule has 7 heteroatoms. The van der Waals surface area contributed by atoms with E-state index in [-0.39, 0.29) is 36.6 Å². The number of ether oxygens (including phenoxy) is 2. The van der Waals surface area contributed by atoms with Crippen LogP contribution >= 0.6 is 24.0 Å². The van der Waals surface area contributed by atoms with Gasteiger partial charge in [-0.2, -0.15) is 0 Å². The molecule has 0 saturated heterocycles. The second-order valence-corrected chi connectivity index (χ2v) is 7.00. The summed E-state index contributed by atoms with van der Waals surface area (Å²) in [5.41, 5.74) is 2.01. The lowest BCUT2D eigenvalue weighted by Crippen LogP contribution is -2.38. The van der Waals surface area contributed by atoms with Gasteiger partial charge in [0.25, 0.3) is 0 Å². The summed E-state index contributed by atoms with van der Waals surface area (Å²) in [6.07, 6.45) is 0.268. The molecule has 1 unspecified atom stereocenters. The molecule has 0 amide bonds. The number of halogens is 1. The molecule has 0 saturated carbocycles. The van der Waals surface area contributed by atoms with Crippen LogP contribution in [-0.2, 0) is 6.42 Å². The zero-order valence-corrected chi connectivity index (χ0v) is 20.6. The predicted octanol–water partition coefficient (Wildman–Crippen LogP) is 3.93. The van der Waals surface area contributed by atoms with E-state index in [0.29, 0.717) is 5.96 Å². The molecule has 3 N–H and O–H groups in total. The van der Waals surface area contributed by atoms with Gasteiger partial charge in [0.15, 0.2) is 5.96 Å². The Morgan fingerprint density at radius 2 is 1.80 bits per heavy atom. The number of methoxy groups -OCH3 is 1.